The maximum Gasteiger partial charge on any atom is 0.153 e. The fraction of sp³-hybridized carbons (Fsp3) is 0.100. The molecule has 1 N–H and O–H groups in total. The molecule has 0 saturated carbocycles. The Kier molecular flexibility index (Phi) is 2.17. The van der Waals surface area contributed by atoms with Gasteiger partial charge < -0.3 is 5.11 Å². The average Bonchev–Trinajstić information content (AvgIpc) is 2.51. The Labute approximate surface area is 86.6 Å². The summed E-state index contributed by atoms with van der Waals surface area (Å²) in [5, 5.41) is 13.8. The summed E-state index contributed by atoms with van der Waals surface area (Å²) in [5.74, 6) is 0.152. The van der Waals surface area contributed by atoms with Crippen LogP contribution >= 0.6 is 11.6 Å². The Morgan fingerprint density at radius 3 is 2.79 bits per heavy atom. The second-order valence-corrected chi connectivity index (χ2v) is 3.51. The Balaban J connectivity index is 2.52. The van der Waals surface area contributed by atoms with E-state index in [-0.39, 0.29) is 5.75 Å². The molecule has 0 unspecified atom stereocenters. The molecule has 4 heteroatoms. The molecule has 0 radical (unpaired) electrons. The lowest BCUT2D eigenvalue weighted by Crippen LogP contribution is -1.96. The summed E-state index contributed by atoms with van der Waals surface area (Å²) in [7, 11) is 0. The van der Waals surface area contributed by atoms with Gasteiger partial charge in [-0.05, 0) is 30.7 Å². The van der Waals surface area contributed by atoms with E-state index in [0.29, 0.717) is 5.02 Å². The highest BCUT2D eigenvalue weighted by Crippen LogP contribution is 2.19. The quantitative estimate of drug-likeness (QED) is 0.782. The van der Waals surface area contributed by atoms with E-state index in [1.165, 1.54) is 6.20 Å². The third kappa shape index (κ3) is 1.59. The van der Waals surface area contributed by atoms with Crippen LogP contribution in [-0.2, 0) is 0 Å². The van der Waals surface area contributed by atoms with Gasteiger partial charge in [-0.2, -0.15) is 5.10 Å². The smallest absolute Gasteiger partial charge is 0.153 e. The molecule has 1 aromatic heterocycles. The van der Waals surface area contributed by atoms with Crippen LogP contribution in [0.5, 0.6) is 5.75 Å². The minimum atomic E-state index is 0.152. The van der Waals surface area contributed by atoms with Crippen molar-refractivity contribution in [2.75, 3.05) is 0 Å². The van der Waals surface area contributed by atoms with Crippen molar-refractivity contribution in [2.24, 2.45) is 0 Å². The first-order chi connectivity index (χ1) is 6.66. The summed E-state index contributed by atoms with van der Waals surface area (Å²) in [6.07, 6.45) is 2.95. The highest BCUT2D eigenvalue weighted by molar-refractivity contribution is 6.30. The summed E-state index contributed by atoms with van der Waals surface area (Å²) in [4.78, 5) is 0. The highest BCUT2D eigenvalue weighted by Gasteiger charge is 2.03. The summed E-state index contributed by atoms with van der Waals surface area (Å²) < 4.78 is 1.61. The van der Waals surface area contributed by atoms with E-state index in [9.17, 15) is 0 Å². The zero-order chi connectivity index (χ0) is 10.1. The average molecular weight is 209 g/mol. The van der Waals surface area contributed by atoms with Gasteiger partial charge in [0, 0.05) is 5.02 Å². The lowest BCUT2D eigenvalue weighted by atomic mass is 10.2. The summed E-state index contributed by atoms with van der Waals surface area (Å²) in [5.41, 5.74) is 1.93. The molecule has 0 bridgehead atoms. The molecule has 14 heavy (non-hydrogen) atoms. The van der Waals surface area contributed by atoms with Crippen molar-refractivity contribution in [2.45, 2.75) is 6.92 Å². The lowest BCUT2D eigenvalue weighted by molar-refractivity contribution is 0.475. The van der Waals surface area contributed by atoms with Crippen LogP contribution in [0, 0.1) is 6.92 Å². The van der Waals surface area contributed by atoms with Gasteiger partial charge in [0.25, 0.3) is 0 Å². The number of aromatic nitrogens is 2. The van der Waals surface area contributed by atoms with Crippen molar-refractivity contribution >= 4 is 11.6 Å². The molecular formula is C10H9ClN2O. The molecule has 0 fully saturated rings. The van der Waals surface area contributed by atoms with Crippen molar-refractivity contribution in [3.63, 3.8) is 0 Å². The molecular weight excluding hydrogens is 200 g/mol. The summed E-state index contributed by atoms with van der Waals surface area (Å²) in [6, 6.07) is 5.52. The Morgan fingerprint density at radius 1 is 1.43 bits per heavy atom. The number of rotatable bonds is 1. The van der Waals surface area contributed by atoms with Crippen molar-refractivity contribution in [3.05, 3.63) is 41.2 Å². The standard InChI is InChI=1S/C10H9ClN2O/c1-7-4-8(11)2-3-10(7)13-6-9(14)5-12-13/h2-6,14H,1H3. The minimum absolute atomic E-state index is 0.152. The number of hydrogen-bond acceptors (Lipinski definition) is 2. The van der Waals surface area contributed by atoms with E-state index in [1.807, 2.05) is 19.1 Å². The molecule has 72 valence electrons. The molecule has 0 aliphatic heterocycles. The second kappa shape index (κ2) is 3.35. The largest absolute Gasteiger partial charge is 0.505 e. The number of nitrogens with zero attached hydrogens (tertiary/aromatic N) is 2. The summed E-state index contributed by atoms with van der Waals surface area (Å²) in [6.45, 7) is 1.94. The summed E-state index contributed by atoms with van der Waals surface area (Å²) >= 11 is 5.83. The molecule has 1 heterocycles. The SMILES string of the molecule is Cc1cc(Cl)ccc1-n1cc(O)cn1. The van der Waals surface area contributed by atoms with Crippen LogP contribution in [0.15, 0.2) is 30.6 Å². The van der Waals surface area contributed by atoms with Gasteiger partial charge in [0.2, 0.25) is 0 Å². The Hall–Kier alpha value is -1.48. The zero-order valence-electron chi connectivity index (χ0n) is 7.61. The molecule has 0 aliphatic rings. The van der Waals surface area contributed by atoms with Crippen LogP contribution < -0.4 is 0 Å². The molecule has 2 rings (SSSR count). The van der Waals surface area contributed by atoms with E-state index < -0.39 is 0 Å². The molecule has 0 spiro atoms. The maximum absolute atomic E-state index is 9.15. The first-order valence-corrected chi connectivity index (χ1v) is 4.55. The predicted octanol–water partition coefficient (Wildman–Crippen LogP) is 2.54. The number of aromatic hydroxyl groups is 1. The van der Waals surface area contributed by atoms with Crippen molar-refractivity contribution < 1.29 is 5.11 Å². The molecule has 0 atom stereocenters. The van der Waals surface area contributed by atoms with Crippen molar-refractivity contribution in [1.29, 1.82) is 0 Å². The van der Waals surface area contributed by atoms with Gasteiger partial charge in [-0.15, -0.1) is 0 Å². The van der Waals surface area contributed by atoms with Gasteiger partial charge >= 0.3 is 0 Å². The van der Waals surface area contributed by atoms with Crippen LogP contribution in [0.2, 0.25) is 5.02 Å². The van der Waals surface area contributed by atoms with Gasteiger partial charge in [-0.25, -0.2) is 4.68 Å². The lowest BCUT2D eigenvalue weighted by Gasteiger charge is -2.05. The first kappa shape index (κ1) is 9.09. The molecule has 3 nitrogen and oxygen atoms in total. The molecule has 1 aromatic carbocycles. The van der Waals surface area contributed by atoms with Gasteiger partial charge in [0.1, 0.15) is 0 Å². The zero-order valence-corrected chi connectivity index (χ0v) is 8.36. The van der Waals surface area contributed by atoms with Crippen LogP contribution in [-0.4, -0.2) is 14.9 Å². The van der Waals surface area contributed by atoms with Gasteiger partial charge in [0.15, 0.2) is 5.75 Å². The minimum Gasteiger partial charge on any atom is -0.505 e. The number of hydrogen-bond donors (Lipinski definition) is 1. The van der Waals surface area contributed by atoms with Crippen molar-refractivity contribution in [3.8, 4) is 11.4 Å². The van der Waals surface area contributed by atoms with Gasteiger partial charge in [-0.1, -0.05) is 11.6 Å². The fourth-order valence-corrected chi connectivity index (χ4v) is 1.55. The van der Waals surface area contributed by atoms with Crippen LogP contribution in [0.1, 0.15) is 5.56 Å². The first-order valence-electron chi connectivity index (χ1n) is 4.17. The molecule has 0 saturated heterocycles. The molecule has 2 aromatic rings. The van der Waals surface area contributed by atoms with Gasteiger partial charge in [-0.3, -0.25) is 0 Å². The monoisotopic (exact) mass is 208 g/mol. The number of aryl methyl sites for hydroxylation is 1. The normalized spacial score (nSPS) is 10.4. The van der Waals surface area contributed by atoms with Crippen LogP contribution in [0.3, 0.4) is 0 Å². The fourth-order valence-electron chi connectivity index (χ4n) is 1.32. The molecule has 0 aliphatic carbocycles. The topological polar surface area (TPSA) is 38.0 Å². The highest BCUT2D eigenvalue weighted by atomic mass is 35.5. The Morgan fingerprint density at radius 2 is 2.21 bits per heavy atom. The molecule has 0 amide bonds. The number of halogens is 1. The van der Waals surface area contributed by atoms with Crippen molar-refractivity contribution in [1.82, 2.24) is 9.78 Å². The Bertz CT molecular complexity index is 465. The maximum atomic E-state index is 9.15. The predicted molar refractivity (Wildman–Crippen MR) is 55.0 cm³/mol. The van der Waals surface area contributed by atoms with E-state index in [4.69, 9.17) is 16.7 Å². The third-order valence-corrected chi connectivity index (χ3v) is 2.21. The van der Waals surface area contributed by atoms with Crippen LogP contribution in [0.4, 0.5) is 0 Å². The van der Waals surface area contributed by atoms with Crippen LogP contribution in [0.25, 0.3) is 5.69 Å². The second-order valence-electron chi connectivity index (χ2n) is 3.07. The van der Waals surface area contributed by atoms with E-state index in [1.54, 1.807) is 16.9 Å². The van der Waals surface area contributed by atoms with Gasteiger partial charge in [0.05, 0.1) is 18.1 Å². The van der Waals surface area contributed by atoms with E-state index >= 15 is 0 Å². The third-order valence-electron chi connectivity index (χ3n) is 1.97. The van der Waals surface area contributed by atoms with E-state index in [0.717, 1.165) is 11.3 Å². The number of benzene rings is 1. The van der Waals surface area contributed by atoms with E-state index in [2.05, 4.69) is 5.10 Å².